The lowest BCUT2D eigenvalue weighted by atomic mass is 10.2. The molecule has 0 fully saturated rings. The van der Waals surface area contributed by atoms with Crippen LogP contribution in [0.15, 0.2) is 42.5 Å². The third-order valence-corrected chi connectivity index (χ3v) is 4.41. The van der Waals surface area contributed by atoms with E-state index in [2.05, 4.69) is 4.72 Å². The summed E-state index contributed by atoms with van der Waals surface area (Å²) >= 11 is 5.95. The number of anilines is 1. The fraction of sp³-hybridized carbons (Fsp3) is 0.200. The largest absolute Gasteiger partial charge is 0.491 e. The summed E-state index contributed by atoms with van der Waals surface area (Å²) in [7, 11) is -3.69. The number of hydrogen-bond acceptors (Lipinski definition) is 3. The van der Waals surface area contributed by atoms with Gasteiger partial charge >= 0.3 is 0 Å². The predicted molar refractivity (Wildman–Crippen MR) is 85.3 cm³/mol. The van der Waals surface area contributed by atoms with Crippen LogP contribution in [0, 0.1) is 5.82 Å². The zero-order valence-electron chi connectivity index (χ0n) is 11.8. The Balaban J connectivity index is 2.15. The normalized spacial score (nSPS) is 11.2. The smallest absolute Gasteiger partial charge is 0.236 e. The Labute approximate surface area is 133 Å². The molecule has 0 saturated heterocycles. The molecule has 1 N–H and O–H groups in total. The van der Waals surface area contributed by atoms with Gasteiger partial charge in [-0.25, -0.2) is 12.8 Å². The zero-order chi connectivity index (χ0) is 16.2. The topological polar surface area (TPSA) is 55.4 Å². The number of nitrogens with one attached hydrogen (secondary N) is 1. The molecule has 0 unspecified atom stereocenters. The quantitative estimate of drug-likeness (QED) is 0.867. The van der Waals surface area contributed by atoms with Crippen LogP contribution in [-0.2, 0) is 15.8 Å². The summed E-state index contributed by atoms with van der Waals surface area (Å²) in [4.78, 5) is 0. The minimum absolute atomic E-state index is 0.0801. The van der Waals surface area contributed by atoms with Crippen molar-refractivity contribution >= 4 is 27.3 Å². The van der Waals surface area contributed by atoms with Crippen LogP contribution in [0.1, 0.15) is 12.5 Å². The molecule has 0 radical (unpaired) electrons. The Bertz CT molecular complexity index is 765. The van der Waals surface area contributed by atoms with Gasteiger partial charge in [0, 0.05) is 11.1 Å². The SMILES string of the molecule is CCOc1ccc(NS(=O)(=O)Cc2ccccc2Cl)cc1F. The Kier molecular flexibility index (Phi) is 5.26. The van der Waals surface area contributed by atoms with Gasteiger partial charge in [-0.05, 0) is 30.7 Å². The molecule has 0 aliphatic carbocycles. The Morgan fingerprint density at radius 2 is 1.95 bits per heavy atom. The van der Waals surface area contributed by atoms with E-state index >= 15 is 0 Å². The third-order valence-electron chi connectivity index (χ3n) is 2.81. The van der Waals surface area contributed by atoms with Crippen LogP contribution in [0.2, 0.25) is 5.02 Å². The van der Waals surface area contributed by atoms with Crippen LogP contribution < -0.4 is 9.46 Å². The summed E-state index contributed by atoms with van der Waals surface area (Å²) in [5, 5.41) is 0.366. The average molecular weight is 344 g/mol. The number of rotatable bonds is 6. The lowest BCUT2D eigenvalue weighted by molar-refractivity contribution is 0.321. The van der Waals surface area contributed by atoms with Crippen molar-refractivity contribution in [2.45, 2.75) is 12.7 Å². The first-order valence-corrected chi connectivity index (χ1v) is 8.60. The van der Waals surface area contributed by atoms with Crippen molar-refractivity contribution in [3.05, 3.63) is 58.9 Å². The van der Waals surface area contributed by atoms with Crippen molar-refractivity contribution in [1.29, 1.82) is 0 Å². The summed E-state index contributed by atoms with van der Waals surface area (Å²) in [5.41, 5.74) is 0.607. The molecule has 2 rings (SSSR count). The van der Waals surface area contributed by atoms with Crippen LogP contribution in [0.4, 0.5) is 10.1 Å². The van der Waals surface area contributed by atoms with E-state index in [4.69, 9.17) is 16.3 Å². The molecular weight excluding hydrogens is 329 g/mol. The van der Waals surface area contributed by atoms with Gasteiger partial charge in [-0.1, -0.05) is 29.8 Å². The summed E-state index contributed by atoms with van der Waals surface area (Å²) < 4.78 is 45.3. The monoisotopic (exact) mass is 343 g/mol. The van der Waals surface area contributed by atoms with E-state index in [9.17, 15) is 12.8 Å². The highest BCUT2D eigenvalue weighted by Gasteiger charge is 2.15. The minimum atomic E-state index is -3.69. The Hall–Kier alpha value is -1.79. The Morgan fingerprint density at radius 3 is 2.59 bits per heavy atom. The second-order valence-corrected chi connectivity index (χ2v) is 6.66. The van der Waals surface area contributed by atoms with Gasteiger partial charge in [0.1, 0.15) is 0 Å². The number of benzene rings is 2. The van der Waals surface area contributed by atoms with Gasteiger partial charge in [-0.3, -0.25) is 4.72 Å². The van der Waals surface area contributed by atoms with Crippen molar-refractivity contribution in [3.63, 3.8) is 0 Å². The van der Waals surface area contributed by atoms with Crippen molar-refractivity contribution < 1.29 is 17.5 Å². The maximum absolute atomic E-state index is 13.7. The number of ether oxygens (including phenoxy) is 1. The maximum atomic E-state index is 13.7. The van der Waals surface area contributed by atoms with E-state index < -0.39 is 15.8 Å². The molecule has 0 spiro atoms. The molecule has 4 nitrogen and oxygen atoms in total. The van der Waals surface area contributed by atoms with Crippen molar-refractivity contribution in [2.75, 3.05) is 11.3 Å². The third kappa shape index (κ3) is 4.35. The minimum Gasteiger partial charge on any atom is -0.491 e. The molecule has 0 aliphatic rings. The lowest BCUT2D eigenvalue weighted by Gasteiger charge is -2.11. The maximum Gasteiger partial charge on any atom is 0.236 e. The fourth-order valence-electron chi connectivity index (χ4n) is 1.87. The summed E-state index contributed by atoms with van der Waals surface area (Å²) in [5.74, 6) is -0.835. The van der Waals surface area contributed by atoms with E-state index in [1.165, 1.54) is 12.1 Å². The van der Waals surface area contributed by atoms with Crippen molar-refractivity contribution in [1.82, 2.24) is 0 Å². The van der Waals surface area contributed by atoms with Crippen molar-refractivity contribution in [2.24, 2.45) is 0 Å². The lowest BCUT2D eigenvalue weighted by Crippen LogP contribution is -2.15. The van der Waals surface area contributed by atoms with E-state index in [1.54, 1.807) is 31.2 Å². The second-order valence-electron chi connectivity index (χ2n) is 4.53. The van der Waals surface area contributed by atoms with E-state index in [0.717, 1.165) is 6.07 Å². The predicted octanol–water partition coefficient (Wildman–Crippen LogP) is 3.82. The van der Waals surface area contributed by atoms with E-state index in [0.29, 0.717) is 17.2 Å². The molecule has 118 valence electrons. The summed E-state index contributed by atoms with van der Waals surface area (Å²) in [6.07, 6.45) is 0. The van der Waals surface area contributed by atoms with Gasteiger partial charge in [0.2, 0.25) is 10.0 Å². The van der Waals surface area contributed by atoms with Crippen LogP contribution in [0.25, 0.3) is 0 Å². The molecular formula is C15H15ClFNO3S. The first-order valence-electron chi connectivity index (χ1n) is 6.57. The first-order chi connectivity index (χ1) is 10.4. The Morgan fingerprint density at radius 1 is 1.23 bits per heavy atom. The van der Waals surface area contributed by atoms with Gasteiger partial charge in [-0.15, -0.1) is 0 Å². The highest BCUT2D eigenvalue weighted by Crippen LogP contribution is 2.23. The summed E-state index contributed by atoms with van der Waals surface area (Å²) in [6, 6.07) is 10.6. The first kappa shape index (κ1) is 16.6. The number of halogens is 2. The molecule has 0 bridgehead atoms. The van der Waals surface area contributed by atoms with Crippen molar-refractivity contribution in [3.8, 4) is 5.75 Å². The fourth-order valence-corrected chi connectivity index (χ4v) is 3.37. The van der Waals surface area contributed by atoms with Gasteiger partial charge in [0.05, 0.1) is 18.0 Å². The van der Waals surface area contributed by atoms with Gasteiger partial charge in [0.25, 0.3) is 0 Å². The van der Waals surface area contributed by atoms with Crippen LogP contribution >= 0.6 is 11.6 Å². The molecule has 0 aliphatic heterocycles. The molecule has 0 amide bonds. The van der Waals surface area contributed by atoms with E-state index in [-0.39, 0.29) is 17.2 Å². The molecule has 0 heterocycles. The van der Waals surface area contributed by atoms with Gasteiger partial charge in [0.15, 0.2) is 11.6 Å². The highest BCUT2D eigenvalue weighted by atomic mass is 35.5. The summed E-state index contributed by atoms with van der Waals surface area (Å²) in [6.45, 7) is 2.06. The highest BCUT2D eigenvalue weighted by molar-refractivity contribution is 7.91. The number of sulfonamides is 1. The molecule has 0 atom stereocenters. The molecule has 2 aromatic rings. The van der Waals surface area contributed by atoms with E-state index in [1.807, 2.05) is 0 Å². The average Bonchev–Trinajstić information content (AvgIpc) is 2.44. The van der Waals surface area contributed by atoms with Crippen LogP contribution in [0.5, 0.6) is 5.75 Å². The van der Waals surface area contributed by atoms with Crippen LogP contribution in [0.3, 0.4) is 0 Å². The van der Waals surface area contributed by atoms with Crippen LogP contribution in [-0.4, -0.2) is 15.0 Å². The zero-order valence-corrected chi connectivity index (χ0v) is 13.4. The second kappa shape index (κ2) is 6.98. The molecule has 0 aromatic heterocycles. The molecule has 7 heteroatoms. The number of hydrogen-bond donors (Lipinski definition) is 1. The standard InChI is InChI=1S/C15H15ClFNO3S/c1-2-21-15-8-7-12(9-14(15)17)18-22(19,20)10-11-5-3-4-6-13(11)16/h3-9,18H,2,10H2,1H3. The molecule has 0 saturated carbocycles. The van der Waals surface area contributed by atoms with Gasteiger partial charge in [-0.2, -0.15) is 0 Å². The molecule has 22 heavy (non-hydrogen) atoms. The van der Waals surface area contributed by atoms with Gasteiger partial charge < -0.3 is 4.74 Å². The molecule has 2 aromatic carbocycles.